The summed E-state index contributed by atoms with van der Waals surface area (Å²) >= 11 is 0. The Kier molecular flexibility index (Phi) is 9.09. The third kappa shape index (κ3) is 6.38. The maximum Gasteiger partial charge on any atom is 0.290 e. The normalized spacial score (nSPS) is 25.7. The number of nitrogens with zero attached hydrogens (tertiary/aromatic N) is 1. The Balaban J connectivity index is 0.000000758. The van der Waals surface area contributed by atoms with Gasteiger partial charge in [-0.1, -0.05) is 36.8 Å². The Hall–Kier alpha value is -1.43. The molecule has 1 heterocycles. The molecule has 5 heteroatoms. The van der Waals surface area contributed by atoms with Crippen LogP contribution in [0.2, 0.25) is 0 Å². The molecule has 2 atom stereocenters. The molecule has 1 saturated carbocycles. The molecule has 1 saturated heterocycles. The van der Waals surface area contributed by atoms with Crippen molar-refractivity contribution in [3.8, 4) is 0 Å². The molecule has 1 aliphatic carbocycles. The second-order valence-corrected chi connectivity index (χ2v) is 7.50. The van der Waals surface area contributed by atoms with Gasteiger partial charge in [-0.25, -0.2) is 0 Å². The molecule has 3 rings (SSSR count). The molecule has 146 valence electrons. The number of rotatable bonds is 7. The Labute approximate surface area is 157 Å². The van der Waals surface area contributed by atoms with Crippen LogP contribution in [0.5, 0.6) is 0 Å². The van der Waals surface area contributed by atoms with Gasteiger partial charge in [0.2, 0.25) is 0 Å². The van der Waals surface area contributed by atoms with Crippen molar-refractivity contribution in [2.24, 2.45) is 5.41 Å². The van der Waals surface area contributed by atoms with Crippen molar-refractivity contribution in [1.82, 2.24) is 4.90 Å². The van der Waals surface area contributed by atoms with E-state index in [1.165, 1.54) is 44.2 Å². The first-order chi connectivity index (χ1) is 12.7. The number of likely N-dealkylation sites (tertiary alicyclic amines) is 1. The summed E-state index contributed by atoms with van der Waals surface area (Å²) in [6, 6.07) is 10.4. The predicted octanol–water partition coefficient (Wildman–Crippen LogP) is 3.31. The van der Waals surface area contributed by atoms with Crippen LogP contribution in [0.3, 0.4) is 0 Å². The molecule has 2 aliphatic rings. The van der Waals surface area contributed by atoms with Crippen LogP contribution in [0.25, 0.3) is 0 Å². The van der Waals surface area contributed by atoms with Crippen LogP contribution in [-0.2, 0) is 16.1 Å². The molecule has 1 aliphatic heterocycles. The number of carbonyl (C=O) groups is 1. The van der Waals surface area contributed by atoms with Crippen LogP contribution in [0.1, 0.15) is 50.5 Å². The molecular weight excluding hydrogens is 330 g/mol. The fraction of sp³-hybridized carbons (Fsp3) is 0.667. The molecule has 26 heavy (non-hydrogen) atoms. The van der Waals surface area contributed by atoms with Crippen molar-refractivity contribution >= 4 is 6.47 Å². The number of hydrogen-bond acceptors (Lipinski definition) is 4. The van der Waals surface area contributed by atoms with Gasteiger partial charge in [-0.2, -0.15) is 0 Å². The summed E-state index contributed by atoms with van der Waals surface area (Å²) in [5, 5.41) is 17.2. The third-order valence-electron chi connectivity index (χ3n) is 5.67. The van der Waals surface area contributed by atoms with Crippen LogP contribution in [-0.4, -0.2) is 53.9 Å². The van der Waals surface area contributed by atoms with Crippen LogP contribution in [0, 0.1) is 5.41 Å². The lowest BCUT2D eigenvalue weighted by atomic mass is 9.76. The number of piperidine rings is 1. The molecule has 2 fully saturated rings. The second-order valence-electron chi connectivity index (χ2n) is 7.50. The first-order valence-electron chi connectivity index (χ1n) is 9.80. The predicted molar refractivity (Wildman–Crippen MR) is 102 cm³/mol. The molecule has 0 bridgehead atoms. The largest absolute Gasteiger partial charge is 0.483 e. The zero-order valence-electron chi connectivity index (χ0n) is 15.7. The number of benzene rings is 1. The Morgan fingerprint density at radius 2 is 1.92 bits per heavy atom. The molecule has 0 unspecified atom stereocenters. The van der Waals surface area contributed by atoms with Gasteiger partial charge in [0, 0.05) is 18.6 Å². The minimum absolute atomic E-state index is 0.0560. The Morgan fingerprint density at radius 1 is 1.19 bits per heavy atom. The summed E-state index contributed by atoms with van der Waals surface area (Å²) in [7, 11) is 0. The van der Waals surface area contributed by atoms with Crippen molar-refractivity contribution < 1.29 is 19.7 Å². The van der Waals surface area contributed by atoms with Crippen LogP contribution < -0.4 is 0 Å². The fourth-order valence-electron chi connectivity index (χ4n) is 4.35. The van der Waals surface area contributed by atoms with E-state index in [-0.39, 0.29) is 18.0 Å². The van der Waals surface area contributed by atoms with Crippen molar-refractivity contribution in [3.05, 3.63) is 35.9 Å². The molecule has 0 amide bonds. The standard InChI is InChI=1S/C20H31NO2.CH2O2/c22-19-10-6-11-20(19)12-7-14-21(17-20)13-4-5-15-23-16-18-8-2-1-3-9-18;2-1-3/h1-3,8-9,19,22H,4-7,10-17H2;1H,(H,2,3)/t19-,20+;/m1./s1. The van der Waals surface area contributed by atoms with Crippen molar-refractivity contribution in [2.45, 2.75) is 57.7 Å². The molecule has 0 aromatic heterocycles. The lowest BCUT2D eigenvalue weighted by molar-refractivity contribution is -0.122. The van der Waals surface area contributed by atoms with Gasteiger partial charge < -0.3 is 19.8 Å². The molecule has 1 spiro atoms. The summed E-state index contributed by atoms with van der Waals surface area (Å²) < 4.78 is 5.76. The highest BCUT2D eigenvalue weighted by Crippen LogP contribution is 2.44. The average molecular weight is 363 g/mol. The quantitative estimate of drug-likeness (QED) is 0.574. The van der Waals surface area contributed by atoms with Crippen LogP contribution in [0.15, 0.2) is 30.3 Å². The average Bonchev–Trinajstić information content (AvgIpc) is 2.99. The van der Waals surface area contributed by atoms with Crippen molar-refractivity contribution in [3.63, 3.8) is 0 Å². The van der Waals surface area contributed by atoms with E-state index in [1.54, 1.807) is 0 Å². The number of carboxylic acid groups (broad SMARTS) is 1. The van der Waals surface area contributed by atoms with Gasteiger partial charge >= 0.3 is 0 Å². The Bertz CT molecular complexity index is 510. The summed E-state index contributed by atoms with van der Waals surface area (Å²) in [5.41, 5.74) is 1.47. The topological polar surface area (TPSA) is 70.0 Å². The minimum atomic E-state index is -0.250. The zero-order chi connectivity index (χ0) is 18.7. The third-order valence-corrected chi connectivity index (χ3v) is 5.67. The van der Waals surface area contributed by atoms with Gasteiger partial charge in [0.1, 0.15) is 0 Å². The van der Waals surface area contributed by atoms with Gasteiger partial charge in [0.15, 0.2) is 0 Å². The number of hydrogen-bond donors (Lipinski definition) is 2. The lowest BCUT2D eigenvalue weighted by Crippen LogP contribution is -2.47. The molecule has 5 nitrogen and oxygen atoms in total. The van der Waals surface area contributed by atoms with Crippen LogP contribution in [0.4, 0.5) is 0 Å². The Morgan fingerprint density at radius 3 is 2.62 bits per heavy atom. The van der Waals surface area contributed by atoms with Crippen LogP contribution >= 0.6 is 0 Å². The zero-order valence-corrected chi connectivity index (χ0v) is 15.7. The molecule has 1 aromatic carbocycles. The maximum absolute atomic E-state index is 10.3. The fourth-order valence-corrected chi connectivity index (χ4v) is 4.35. The van der Waals surface area contributed by atoms with Gasteiger partial charge in [0.05, 0.1) is 12.7 Å². The number of aliphatic hydroxyl groups excluding tert-OH is 1. The monoisotopic (exact) mass is 363 g/mol. The van der Waals surface area contributed by atoms with E-state index in [9.17, 15) is 5.11 Å². The van der Waals surface area contributed by atoms with Gasteiger partial charge in [-0.3, -0.25) is 4.79 Å². The summed E-state index contributed by atoms with van der Waals surface area (Å²) in [4.78, 5) is 10.9. The van der Waals surface area contributed by atoms with E-state index in [2.05, 4.69) is 29.2 Å². The highest BCUT2D eigenvalue weighted by molar-refractivity contribution is 5.32. The SMILES string of the molecule is O=CO.O[C@@H]1CCC[C@@]12CCCN(CCCCOCc1ccccc1)C2. The van der Waals surface area contributed by atoms with E-state index < -0.39 is 0 Å². The number of ether oxygens (including phenoxy) is 1. The van der Waals surface area contributed by atoms with E-state index >= 15 is 0 Å². The molecule has 1 aromatic rings. The maximum atomic E-state index is 10.3. The highest BCUT2D eigenvalue weighted by atomic mass is 16.5. The first kappa shape index (κ1) is 20.9. The smallest absolute Gasteiger partial charge is 0.290 e. The first-order valence-corrected chi connectivity index (χ1v) is 9.80. The van der Waals surface area contributed by atoms with Crippen molar-refractivity contribution in [1.29, 1.82) is 0 Å². The van der Waals surface area contributed by atoms with E-state index in [4.69, 9.17) is 14.6 Å². The summed E-state index contributed by atoms with van der Waals surface area (Å²) in [6.45, 7) is 4.79. The van der Waals surface area contributed by atoms with E-state index in [1.807, 2.05) is 6.07 Å². The molecule has 0 radical (unpaired) electrons. The minimum Gasteiger partial charge on any atom is -0.483 e. The molecular formula is C21H33NO4. The summed E-state index contributed by atoms with van der Waals surface area (Å²) in [6.07, 6.45) is 8.19. The lowest BCUT2D eigenvalue weighted by Gasteiger charge is -2.42. The van der Waals surface area contributed by atoms with Gasteiger partial charge in [-0.15, -0.1) is 0 Å². The van der Waals surface area contributed by atoms with Gasteiger partial charge in [0.25, 0.3) is 6.47 Å². The van der Waals surface area contributed by atoms with Crippen molar-refractivity contribution in [2.75, 3.05) is 26.2 Å². The number of unbranched alkanes of at least 4 members (excludes halogenated alkanes) is 1. The second kappa shape index (κ2) is 11.3. The van der Waals surface area contributed by atoms with E-state index in [0.717, 1.165) is 39.1 Å². The highest BCUT2D eigenvalue weighted by Gasteiger charge is 2.44. The van der Waals surface area contributed by atoms with E-state index in [0.29, 0.717) is 0 Å². The van der Waals surface area contributed by atoms with Gasteiger partial charge in [-0.05, 0) is 57.2 Å². The number of aliphatic hydroxyl groups is 1. The molecule has 2 N–H and O–H groups in total. The summed E-state index contributed by atoms with van der Waals surface area (Å²) in [5.74, 6) is 0.